The fourth-order valence-corrected chi connectivity index (χ4v) is 4.09. The number of carbonyl (C=O) groups excluding carboxylic acids is 2. The average molecular weight is 411 g/mol. The SMILES string of the molecule is Cc1cc(Cc2ccccc2F)cc([C@@H]2CN(C(=O)CN3CCCC3=O)CCO2)n1. The summed E-state index contributed by atoms with van der Waals surface area (Å²) in [4.78, 5) is 32.5. The molecule has 2 aliphatic rings. The van der Waals surface area contributed by atoms with Crippen LogP contribution in [0.2, 0.25) is 0 Å². The summed E-state index contributed by atoms with van der Waals surface area (Å²) in [5, 5.41) is 0. The summed E-state index contributed by atoms with van der Waals surface area (Å²) in [5.74, 6) is -0.236. The van der Waals surface area contributed by atoms with E-state index >= 15 is 0 Å². The molecule has 6 nitrogen and oxygen atoms in total. The standard InChI is InChI=1S/C23H26FN3O3/c1-16-11-17(12-18-5-2-3-6-19(18)24)13-20(25-16)21-14-27(9-10-30-21)23(29)15-26-8-4-7-22(26)28/h2-3,5-6,11,13,21H,4,7-10,12,14-15H2,1H3/t21-/m0/s1. The Morgan fingerprint density at radius 1 is 1.27 bits per heavy atom. The molecule has 2 fully saturated rings. The van der Waals surface area contributed by atoms with Crippen LogP contribution < -0.4 is 0 Å². The normalized spacial score (nSPS) is 19.4. The summed E-state index contributed by atoms with van der Waals surface area (Å²) in [6, 6.07) is 10.6. The Morgan fingerprint density at radius 2 is 2.10 bits per heavy atom. The van der Waals surface area contributed by atoms with Gasteiger partial charge in [-0.2, -0.15) is 0 Å². The molecule has 0 aliphatic carbocycles. The van der Waals surface area contributed by atoms with Crippen molar-refractivity contribution < 1.29 is 18.7 Å². The molecule has 0 unspecified atom stereocenters. The Morgan fingerprint density at radius 3 is 2.87 bits per heavy atom. The smallest absolute Gasteiger partial charge is 0.242 e. The van der Waals surface area contributed by atoms with Gasteiger partial charge in [0, 0.05) is 31.6 Å². The summed E-state index contributed by atoms with van der Waals surface area (Å²) in [5.41, 5.74) is 3.16. The molecule has 158 valence electrons. The molecular weight excluding hydrogens is 385 g/mol. The van der Waals surface area contributed by atoms with E-state index < -0.39 is 0 Å². The Balaban J connectivity index is 1.46. The maximum Gasteiger partial charge on any atom is 0.242 e. The van der Waals surface area contributed by atoms with Crippen molar-refractivity contribution in [2.75, 3.05) is 32.8 Å². The number of rotatable bonds is 5. The number of halogens is 1. The third-order valence-electron chi connectivity index (χ3n) is 5.63. The average Bonchev–Trinajstić information content (AvgIpc) is 3.14. The van der Waals surface area contributed by atoms with E-state index in [4.69, 9.17) is 4.74 Å². The number of carbonyl (C=O) groups is 2. The van der Waals surface area contributed by atoms with E-state index in [-0.39, 0.29) is 30.3 Å². The molecule has 2 amide bonds. The number of pyridine rings is 1. The van der Waals surface area contributed by atoms with Gasteiger partial charge in [-0.25, -0.2) is 4.39 Å². The topological polar surface area (TPSA) is 62.7 Å². The Hall–Kier alpha value is -2.80. The highest BCUT2D eigenvalue weighted by Gasteiger charge is 2.30. The van der Waals surface area contributed by atoms with Gasteiger partial charge in [-0.15, -0.1) is 0 Å². The fraction of sp³-hybridized carbons (Fsp3) is 0.435. The molecule has 0 bridgehead atoms. The zero-order valence-electron chi connectivity index (χ0n) is 17.1. The van der Waals surface area contributed by atoms with Gasteiger partial charge in [-0.3, -0.25) is 14.6 Å². The first-order valence-electron chi connectivity index (χ1n) is 10.4. The van der Waals surface area contributed by atoms with E-state index in [2.05, 4.69) is 4.98 Å². The molecule has 0 saturated carbocycles. The molecule has 0 radical (unpaired) electrons. The second-order valence-corrected chi connectivity index (χ2v) is 7.93. The summed E-state index contributed by atoms with van der Waals surface area (Å²) >= 11 is 0. The number of amides is 2. The lowest BCUT2D eigenvalue weighted by Crippen LogP contribution is -2.47. The van der Waals surface area contributed by atoms with Crippen molar-refractivity contribution in [1.82, 2.24) is 14.8 Å². The molecule has 2 aliphatic heterocycles. The highest BCUT2D eigenvalue weighted by atomic mass is 19.1. The molecule has 3 heterocycles. The molecule has 0 spiro atoms. The second kappa shape index (κ2) is 8.92. The molecule has 1 atom stereocenters. The number of likely N-dealkylation sites (tertiary alicyclic amines) is 1. The third kappa shape index (κ3) is 4.67. The number of aromatic nitrogens is 1. The van der Waals surface area contributed by atoms with Crippen LogP contribution in [0.5, 0.6) is 0 Å². The summed E-state index contributed by atoms with van der Waals surface area (Å²) < 4.78 is 20.0. The number of hydrogen-bond donors (Lipinski definition) is 0. The van der Waals surface area contributed by atoms with Crippen molar-refractivity contribution in [3.63, 3.8) is 0 Å². The minimum atomic E-state index is -0.337. The van der Waals surface area contributed by atoms with E-state index in [0.717, 1.165) is 23.4 Å². The zero-order valence-corrected chi connectivity index (χ0v) is 17.1. The Kier molecular flexibility index (Phi) is 6.08. The van der Waals surface area contributed by atoms with Crippen LogP contribution in [0, 0.1) is 12.7 Å². The molecule has 1 aromatic heterocycles. The van der Waals surface area contributed by atoms with Crippen LogP contribution in [0.15, 0.2) is 36.4 Å². The minimum absolute atomic E-state index is 0.0475. The van der Waals surface area contributed by atoms with Crippen molar-refractivity contribution in [3.8, 4) is 0 Å². The number of benzene rings is 1. The largest absolute Gasteiger partial charge is 0.368 e. The molecule has 2 saturated heterocycles. The fourth-order valence-electron chi connectivity index (χ4n) is 4.09. The third-order valence-corrected chi connectivity index (χ3v) is 5.63. The first-order valence-corrected chi connectivity index (χ1v) is 10.4. The van der Waals surface area contributed by atoms with Crippen LogP contribution in [-0.4, -0.2) is 59.4 Å². The molecule has 0 N–H and O–H groups in total. The van der Waals surface area contributed by atoms with Gasteiger partial charge in [0.25, 0.3) is 0 Å². The predicted molar refractivity (Wildman–Crippen MR) is 109 cm³/mol. The molecule has 2 aromatic rings. The van der Waals surface area contributed by atoms with E-state index in [1.54, 1.807) is 21.9 Å². The molecular formula is C23H26FN3O3. The van der Waals surface area contributed by atoms with Crippen molar-refractivity contribution in [1.29, 1.82) is 0 Å². The Labute approximate surface area is 175 Å². The highest BCUT2D eigenvalue weighted by Crippen LogP contribution is 2.24. The quantitative estimate of drug-likeness (QED) is 0.759. The number of aryl methyl sites for hydroxylation is 1. The van der Waals surface area contributed by atoms with Crippen molar-refractivity contribution in [2.24, 2.45) is 0 Å². The Bertz CT molecular complexity index is 949. The van der Waals surface area contributed by atoms with E-state index in [9.17, 15) is 14.0 Å². The summed E-state index contributed by atoms with van der Waals surface area (Å²) in [6.07, 6.45) is 1.47. The minimum Gasteiger partial charge on any atom is -0.368 e. The number of morpholine rings is 1. The zero-order chi connectivity index (χ0) is 21.1. The van der Waals surface area contributed by atoms with E-state index in [1.165, 1.54) is 6.07 Å². The molecule has 4 rings (SSSR count). The van der Waals surface area contributed by atoms with Gasteiger partial charge in [-0.05, 0) is 42.7 Å². The van der Waals surface area contributed by atoms with E-state index in [0.29, 0.717) is 44.6 Å². The molecule has 1 aromatic carbocycles. The van der Waals surface area contributed by atoms with Crippen LogP contribution in [0.25, 0.3) is 0 Å². The van der Waals surface area contributed by atoms with Gasteiger partial charge in [0.2, 0.25) is 11.8 Å². The van der Waals surface area contributed by atoms with Crippen LogP contribution in [-0.2, 0) is 20.7 Å². The van der Waals surface area contributed by atoms with Crippen LogP contribution in [0.1, 0.15) is 41.5 Å². The van der Waals surface area contributed by atoms with Crippen molar-refractivity contribution in [3.05, 3.63) is 64.7 Å². The summed E-state index contributed by atoms with van der Waals surface area (Å²) in [7, 11) is 0. The van der Waals surface area contributed by atoms with Crippen LogP contribution in [0.3, 0.4) is 0 Å². The highest BCUT2D eigenvalue weighted by molar-refractivity contribution is 5.86. The second-order valence-electron chi connectivity index (χ2n) is 7.93. The van der Waals surface area contributed by atoms with Crippen LogP contribution in [0.4, 0.5) is 4.39 Å². The predicted octanol–water partition coefficient (Wildman–Crippen LogP) is 2.64. The maximum absolute atomic E-state index is 14.1. The van der Waals surface area contributed by atoms with E-state index in [1.807, 2.05) is 25.1 Å². The van der Waals surface area contributed by atoms with Crippen LogP contribution >= 0.6 is 0 Å². The number of hydrogen-bond acceptors (Lipinski definition) is 4. The van der Waals surface area contributed by atoms with Crippen molar-refractivity contribution >= 4 is 11.8 Å². The van der Waals surface area contributed by atoms with Gasteiger partial charge < -0.3 is 14.5 Å². The monoisotopic (exact) mass is 411 g/mol. The number of ether oxygens (including phenoxy) is 1. The lowest BCUT2D eigenvalue weighted by atomic mass is 10.0. The van der Waals surface area contributed by atoms with Gasteiger partial charge in [-0.1, -0.05) is 18.2 Å². The summed E-state index contributed by atoms with van der Waals surface area (Å²) in [6.45, 7) is 4.01. The first kappa shape index (κ1) is 20.5. The number of nitrogens with zero attached hydrogens (tertiary/aromatic N) is 3. The lowest BCUT2D eigenvalue weighted by Gasteiger charge is -2.34. The molecule has 30 heavy (non-hydrogen) atoms. The lowest BCUT2D eigenvalue weighted by molar-refractivity contribution is -0.143. The van der Waals surface area contributed by atoms with Crippen molar-refractivity contribution in [2.45, 2.75) is 32.3 Å². The van der Waals surface area contributed by atoms with Gasteiger partial charge in [0.05, 0.1) is 25.4 Å². The van der Waals surface area contributed by atoms with Gasteiger partial charge in [0.15, 0.2) is 0 Å². The maximum atomic E-state index is 14.1. The molecule has 7 heteroatoms. The first-order chi connectivity index (χ1) is 14.5. The van der Waals surface area contributed by atoms with Gasteiger partial charge >= 0.3 is 0 Å². The van der Waals surface area contributed by atoms with Gasteiger partial charge in [0.1, 0.15) is 11.9 Å².